The smallest absolute Gasteiger partial charge is 0.242 e. The second-order valence-electron chi connectivity index (χ2n) is 6.04. The summed E-state index contributed by atoms with van der Waals surface area (Å²) in [6.45, 7) is 10.9. The van der Waals surface area contributed by atoms with E-state index in [-0.39, 0.29) is 6.04 Å². The summed E-state index contributed by atoms with van der Waals surface area (Å²) < 4.78 is 28.3. The Bertz CT molecular complexity index is 553. The highest BCUT2D eigenvalue weighted by molar-refractivity contribution is 9.11. The van der Waals surface area contributed by atoms with Gasteiger partial charge in [0.25, 0.3) is 0 Å². The highest BCUT2D eigenvalue weighted by atomic mass is 79.9. The molecule has 0 spiro atoms. The van der Waals surface area contributed by atoms with E-state index >= 15 is 0 Å². The van der Waals surface area contributed by atoms with Crippen LogP contribution in [0.1, 0.15) is 45.9 Å². The summed E-state index contributed by atoms with van der Waals surface area (Å²) in [7, 11) is -3.47. The molecule has 1 heterocycles. The first-order chi connectivity index (χ1) is 9.61. The summed E-state index contributed by atoms with van der Waals surface area (Å²) in [5.41, 5.74) is 0. The molecule has 1 aromatic rings. The standard InChI is InChI=1S/C14H25BrN2O2S2/c1-9(2)6-11(5)17-21(18,19)13-7-12(20-14(13)15)8-16-10(3)4/h7,9-11,16-17H,6,8H2,1-5H3. The molecule has 0 aliphatic rings. The van der Waals surface area contributed by atoms with Crippen LogP contribution in [0.4, 0.5) is 0 Å². The van der Waals surface area contributed by atoms with Crippen molar-refractivity contribution in [3.8, 4) is 0 Å². The zero-order valence-corrected chi connectivity index (χ0v) is 16.5. The van der Waals surface area contributed by atoms with Gasteiger partial charge in [-0.3, -0.25) is 0 Å². The third kappa shape index (κ3) is 6.36. The fraction of sp³-hybridized carbons (Fsp3) is 0.714. The maximum absolute atomic E-state index is 12.4. The molecule has 0 aliphatic heterocycles. The average Bonchev–Trinajstić information content (AvgIpc) is 2.66. The van der Waals surface area contributed by atoms with Gasteiger partial charge in [-0.25, -0.2) is 13.1 Å². The summed E-state index contributed by atoms with van der Waals surface area (Å²) in [6.07, 6.45) is 0.822. The minimum atomic E-state index is -3.47. The van der Waals surface area contributed by atoms with E-state index in [1.807, 2.05) is 6.92 Å². The van der Waals surface area contributed by atoms with Crippen LogP contribution in [0.15, 0.2) is 14.7 Å². The van der Waals surface area contributed by atoms with Gasteiger partial charge in [0.15, 0.2) is 0 Å². The minimum absolute atomic E-state index is 0.0703. The van der Waals surface area contributed by atoms with Crippen LogP contribution >= 0.6 is 27.3 Å². The Labute approximate surface area is 140 Å². The van der Waals surface area contributed by atoms with Gasteiger partial charge in [0.2, 0.25) is 10.0 Å². The number of nitrogens with one attached hydrogen (secondary N) is 2. The lowest BCUT2D eigenvalue weighted by molar-refractivity contribution is 0.482. The van der Waals surface area contributed by atoms with Crippen molar-refractivity contribution in [2.45, 2.75) is 64.6 Å². The van der Waals surface area contributed by atoms with Crippen molar-refractivity contribution < 1.29 is 8.42 Å². The van der Waals surface area contributed by atoms with E-state index in [1.165, 1.54) is 11.3 Å². The van der Waals surface area contributed by atoms with Crippen LogP contribution in [-0.2, 0) is 16.6 Å². The predicted octanol–water partition coefficient (Wildman–Crippen LogP) is 3.72. The molecule has 0 radical (unpaired) electrons. The molecule has 122 valence electrons. The minimum Gasteiger partial charge on any atom is -0.310 e. The third-order valence-corrected chi connectivity index (χ3v) is 6.70. The highest BCUT2D eigenvalue weighted by Crippen LogP contribution is 2.32. The largest absolute Gasteiger partial charge is 0.310 e. The number of hydrogen-bond donors (Lipinski definition) is 2. The van der Waals surface area contributed by atoms with Crippen molar-refractivity contribution in [1.29, 1.82) is 0 Å². The first kappa shape index (κ1) is 19.1. The second kappa shape index (κ2) is 8.06. The second-order valence-corrected chi connectivity index (χ2v) is 10.2. The highest BCUT2D eigenvalue weighted by Gasteiger charge is 2.23. The Morgan fingerprint density at radius 3 is 2.38 bits per heavy atom. The lowest BCUT2D eigenvalue weighted by Gasteiger charge is -2.15. The lowest BCUT2D eigenvalue weighted by atomic mass is 10.1. The van der Waals surface area contributed by atoms with Gasteiger partial charge < -0.3 is 5.32 Å². The zero-order valence-electron chi connectivity index (χ0n) is 13.2. The Balaban J connectivity index is 2.83. The first-order valence-electron chi connectivity index (χ1n) is 7.15. The van der Waals surface area contributed by atoms with Crippen LogP contribution in [0.25, 0.3) is 0 Å². The molecule has 0 fully saturated rings. The number of thiophene rings is 1. The molecule has 0 saturated heterocycles. The van der Waals surface area contributed by atoms with Gasteiger partial charge in [0.05, 0.1) is 3.79 Å². The predicted molar refractivity (Wildman–Crippen MR) is 93.2 cm³/mol. The Morgan fingerprint density at radius 1 is 1.24 bits per heavy atom. The van der Waals surface area contributed by atoms with Crippen LogP contribution in [0.5, 0.6) is 0 Å². The summed E-state index contributed by atoms with van der Waals surface area (Å²) in [6, 6.07) is 2.04. The number of rotatable bonds is 8. The summed E-state index contributed by atoms with van der Waals surface area (Å²) in [5.74, 6) is 0.458. The number of halogens is 1. The van der Waals surface area contributed by atoms with Crippen LogP contribution in [0.2, 0.25) is 0 Å². The van der Waals surface area contributed by atoms with Gasteiger partial charge in [0.1, 0.15) is 4.90 Å². The fourth-order valence-corrected chi connectivity index (χ4v) is 5.95. The van der Waals surface area contributed by atoms with Crippen molar-refractivity contribution in [1.82, 2.24) is 10.0 Å². The maximum atomic E-state index is 12.4. The van der Waals surface area contributed by atoms with Crippen LogP contribution in [0.3, 0.4) is 0 Å². The molecule has 7 heteroatoms. The van der Waals surface area contributed by atoms with E-state index in [0.29, 0.717) is 27.2 Å². The molecule has 21 heavy (non-hydrogen) atoms. The van der Waals surface area contributed by atoms with Crippen molar-refractivity contribution in [2.75, 3.05) is 0 Å². The van der Waals surface area contributed by atoms with Gasteiger partial charge in [-0.1, -0.05) is 27.7 Å². The van der Waals surface area contributed by atoms with E-state index in [9.17, 15) is 8.42 Å². The molecule has 1 unspecified atom stereocenters. The van der Waals surface area contributed by atoms with Crippen molar-refractivity contribution in [2.24, 2.45) is 5.92 Å². The number of sulfonamides is 1. The summed E-state index contributed by atoms with van der Waals surface area (Å²) in [5, 5.41) is 3.29. The Hall–Kier alpha value is 0.0500. The molecular formula is C14H25BrN2O2S2. The van der Waals surface area contributed by atoms with Crippen LogP contribution in [0, 0.1) is 5.92 Å². The average molecular weight is 397 g/mol. The molecule has 2 N–H and O–H groups in total. The van der Waals surface area contributed by atoms with Crippen LogP contribution < -0.4 is 10.0 Å². The van der Waals surface area contributed by atoms with Gasteiger partial charge in [-0.15, -0.1) is 11.3 Å². The molecule has 4 nitrogen and oxygen atoms in total. The molecular weight excluding hydrogens is 372 g/mol. The zero-order chi connectivity index (χ0) is 16.2. The molecule has 0 saturated carbocycles. The number of hydrogen-bond acceptors (Lipinski definition) is 4. The first-order valence-corrected chi connectivity index (χ1v) is 10.2. The van der Waals surface area contributed by atoms with Gasteiger partial charge in [-0.2, -0.15) is 0 Å². The molecule has 0 aromatic carbocycles. The van der Waals surface area contributed by atoms with Gasteiger partial charge in [-0.05, 0) is 41.3 Å². The third-order valence-electron chi connectivity index (χ3n) is 2.86. The van der Waals surface area contributed by atoms with Crippen LogP contribution in [-0.4, -0.2) is 20.5 Å². The molecule has 1 rings (SSSR count). The molecule has 1 atom stereocenters. The quantitative estimate of drug-likeness (QED) is 0.703. The Morgan fingerprint density at radius 2 is 1.86 bits per heavy atom. The summed E-state index contributed by atoms with van der Waals surface area (Å²) in [4.78, 5) is 1.34. The fourth-order valence-electron chi connectivity index (χ4n) is 2.06. The van der Waals surface area contributed by atoms with E-state index in [4.69, 9.17) is 0 Å². The topological polar surface area (TPSA) is 58.2 Å². The molecule has 1 aromatic heterocycles. The molecule has 0 aliphatic carbocycles. The maximum Gasteiger partial charge on any atom is 0.242 e. The van der Waals surface area contributed by atoms with Gasteiger partial charge in [0, 0.05) is 23.5 Å². The summed E-state index contributed by atoms with van der Waals surface area (Å²) >= 11 is 4.83. The van der Waals surface area contributed by atoms with E-state index in [1.54, 1.807) is 6.07 Å². The normalized spacial score (nSPS) is 14.1. The Kier molecular flexibility index (Phi) is 7.33. The monoisotopic (exact) mass is 396 g/mol. The molecule has 0 amide bonds. The van der Waals surface area contributed by atoms with E-state index < -0.39 is 10.0 Å². The lowest BCUT2D eigenvalue weighted by Crippen LogP contribution is -2.33. The van der Waals surface area contributed by atoms with E-state index in [2.05, 4.69) is 53.7 Å². The molecule has 0 bridgehead atoms. The van der Waals surface area contributed by atoms with Crippen molar-refractivity contribution in [3.05, 3.63) is 14.7 Å². The van der Waals surface area contributed by atoms with Crippen molar-refractivity contribution >= 4 is 37.3 Å². The SMILES string of the molecule is CC(C)CC(C)NS(=O)(=O)c1cc(CNC(C)C)sc1Br. The van der Waals surface area contributed by atoms with Crippen molar-refractivity contribution in [3.63, 3.8) is 0 Å². The van der Waals surface area contributed by atoms with Gasteiger partial charge >= 0.3 is 0 Å². The van der Waals surface area contributed by atoms with E-state index in [0.717, 1.165) is 11.3 Å².